The van der Waals surface area contributed by atoms with Crippen LogP contribution in [0.15, 0.2) is 4.99 Å². The Balaban J connectivity index is 2.69. The molecule has 2 atom stereocenters. The molecule has 8 nitrogen and oxygen atoms in total. The van der Waals surface area contributed by atoms with Gasteiger partial charge in [-0.15, -0.1) is 0 Å². The van der Waals surface area contributed by atoms with Crippen molar-refractivity contribution >= 4 is 18.0 Å². The second kappa shape index (κ2) is 9.64. The van der Waals surface area contributed by atoms with Gasteiger partial charge < -0.3 is 25.2 Å². The fourth-order valence-corrected chi connectivity index (χ4v) is 2.39. The number of hydrogen-bond acceptors (Lipinski definition) is 4. The van der Waals surface area contributed by atoms with Crippen LogP contribution in [0.5, 0.6) is 0 Å². The molecule has 0 aromatic carbocycles. The summed E-state index contributed by atoms with van der Waals surface area (Å²) in [5.74, 6) is 0.666. The van der Waals surface area contributed by atoms with E-state index in [4.69, 9.17) is 4.74 Å². The highest BCUT2D eigenvalue weighted by molar-refractivity contribution is 5.85. The standard InChI is InChI=1S/C18H35N5O3/c1-8-13(2)20-16(19-11-15(24)22(6)7)23-10-9-14(12-23)21-17(25)26-18(3,4)5/h13-14H,8-12H2,1-7H3,(H,19,20)(H,21,25). The first-order chi connectivity index (χ1) is 12.0. The topological polar surface area (TPSA) is 86.3 Å². The molecule has 1 saturated heterocycles. The van der Waals surface area contributed by atoms with E-state index in [1.54, 1.807) is 14.1 Å². The minimum absolute atomic E-state index is 0.00154. The van der Waals surface area contributed by atoms with E-state index < -0.39 is 11.7 Å². The van der Waals surface area contributed by atoms with Crippen LogP contribution in [0.2, 0.25) is 0 Å². The zero-order chi connectivity index (χ0) is 19.9. The molecule has 2 amide bonds. The summed E-state index contributed by atoms with van der Waals surface area (Å²) >= 11 is 0. The molecule has 0 aromatic rings. The number of alkyl carbamates (subject to hydrolysis) is 1. The molecule has 0 aromatic heterocycles. The minimum atomic E-state index is -0.514. The van der Waals surface area contributed by atoms with Gasteiger partial charge in [-0.25, -0.2) is 9.79 Å². The molecule has 0 radical (unpaired) electrons. The third kappa shape index (κ3) is 7.93. The number of likely N-dealkylation sites (N-methyl/N-ethyl adjacent to an activating group) is 1. The maximum absolute atomic E-state index is 12.0. The van der Waals surface area contributed by atoms with E-state index in [9.17, 15) is 9.59 Å². The third-order valence-electron chi connectivity index (χ3n) is 4.06. The number of aliphatic imine (C=N–C) groups is 1. The van der Waals surface area contributed by atoms with E-state index in [2.05, 4.69) is 34.4 Å². The maximum Gasteiger partial charge on any atom is 0.407 e. The fraction of sp³-hybridized carbons (Fsp3) is 0.833. The van der Waals surface area contributed by atoms with E-state index in [0.29, 0.717) is 12.5 Å². The summed E-state index contributed by atoms with van der Waals surface area (Å²) in [5.41, 5.74) is -0.514. The fourth-order valence-electron chi connectivity index (χ4n) is 2.39. The lowest BCUT2D eigenvalue weighted by atomic mass is 10.2. The molecule has 2 unspecified atom stereocenters. The van der Waals surface area contributed by atoms with Crippen molar-refractivity contribution in [3.8, 4) is 0 Å². The Morgan fingerprint density at radius 3 is 2.54 bits per heavy atom. The Hall–Kier alpha value is -1.99. The largest absolute Gasteiger partial charge is 0.444 e. The van der Waals surface area contributed by atoms with Crippen LogP contribution in [0, 0.1) is 0 Å². The Morgan fingerprint density at radius 1 is 1.35 bits per heavy atom. The molecule has 0 bridgehead atoms. The zero-order valence-electron chi connectivity index (χ0n) is 17.3. The van der Waals surface area contributed by atoms with Gasteiger partial charge in [-0.3, -0.25) is 4.79 Å². The lowest BCUT2D eigenvalue weighted by Crippen LogP contribution is -2.46. The molecule has 0 aliphatic carbocycles. The first-order valence-electron chi connectivity index (χ1n) is 9.27. The predicted octanol–water partition coefficient (Wildman–Crippen LogP) is 1.42. The van der Waals surface area contributed by atoms with Crippen LogP contribution in [-0.2, 0) is 9.53 Å². The average molecular weight is 370 g/mol. The highest BCUT2D eigenvalue weighted by atomic mass is 16.6. The van der Waals surface area contributed by atoms with Crippen molar-refractivity contribution in [1.29, 1.82) is 0 Å². The normalized spacial score (nSPS) is 19.1. The molecule has 1 aliphatic heterocycles. The highest BCUT2D eigenvalue weighted by Crippen LogP contribution is 2.12. The highest BCUT2D eigenvalue weighted by Gasteiger charge is 2.28. The summed E-state index contributed by atoms with van der Waals surface area (Å²) < 4.78 is 5.32. The van der Waals surface area contributed by atoms with Gasteiger partial charge in [0.25, 0.3) is 0 Å². The first-order valence-corrected chi connectivity index (χ1v) is 9.27. The Labute approximate surface area is 157 Å². The van der Waals surface area contributed by atoms with E-state index in [1.807, 2.05) is 20.8 Å². The second-order valence-corrected chi connectivity index (χ2v) is 7.96. The molecule has 150 valence electrons. The molecule has 1 aliphatic rings. The van der Waals surface area contributed by atoms with Gasteiger partial charge >= 0.3 is 6.09 Å². The van der Waals surface area contributed by atoms with Gasteiger partial charge in [-0.2, -0.15) is 0 Å². The predicted molar refractivity (Wildman–Crippen MR) is 103 cm³/mol. The molecule has 2 N–H and O–H groups in total. The van der Waals surface area contributed by atoms with Crippen molar-refractivity contribution in [2.24, 2.45) is 4.99 Å². The van der Waals surface area contributed by atoms with E-state index in [0.717, 1.165) is 19.4 Å². The zero-order valence-corrected chi connectivity index (χ0v) is 17.3. The van der Waals surface area contributed by atoms with Crippen LogP contribution in [0.4, 0.5) is 4.79 Å². The molecule has 26 heavy (non-hydrogen) atoms. The summed E-state index contributed by atoms with van der Waals surface area (Å²) in [5, 5.41) is 6.29. The van der Waals surface area contributed by atoms with Crippen molar-refractivity contribution in [2.45, 2.75) is 65.1 Å². The third-order valence-corrected chi connectivity index (χ3v) is 4.06. The van der Waals surface area contributed by atoms with E-state index in [-0.39, 0.29) is 24.5 Å². The summed E-state index contributed by atoms with van der Waals surface area (Å²) in [6, 6.07) is 0.249. The number of rotatable bonds is 5. The van der Waals surface area contributed by atoms with Gasteiger partial charge in [0.15, 0.2) is 5.96 Å². The number of nitrogens with zero attached hydrogens (tertiary/aromatic N) is 3. The Kier molecular flexibility index (Phi) is 8.17. The number of carbonyl (C=O) groups excluding carboxylic acids is 2. The van der Waals surface area contributed by atoms with Crippen LogP contribution >= 0.6 is 0 Å². The summed E-state index contributed by atoms with van der Waals surface area (Å²) in [6.45, 7) is 11.2. The summed E-state index contributed by atoms with van der Waals surface area (Å²) in [4.78, 5) is 31.9. The molecule has 1 fully saturated rings. The maximum atomic E-state index is 12.0. The van der Waals surface area contributed by atoms with Crippen molar-refractivity contribution in [2.75, 3.05) is 33.7 Å². The van der Waals surface area contributed by atoms with Crippen LogP contribution in [-0.4, -0.2) is 79.2 Å². The lowest BCUT2D eigenvalue weighted by Gasteiger charge is -2.25. The van der Waals surface area contributed by atoms with Gasteiger partial charge in [0.2, 0.25) is 5.91 Å². The van der Waals surface area contributed by atoms with Crippen LogP contribution < -0.4 is 10.6 Å². The minimum Gasteiger partial charge on any atom is -0.444 e. The lowest BCUT2D eigenvalue weighted by molar-refractivity contribution is -0.127. The number of hydrogen-bond donors (Lipinski definition) is 2. The molecule has 1 heterocycles. The van der Waals surface area contributed by atoms with E-state index >= 15 is 0 Å². The molecule has 8 heteroatoms. The first kappa shape index (κ1) is 22.1. The molecule has 1 rings (SSSR count). The number of carbonyl (C=O) groups is 2. The van der Waals surface area contributed by atoms with E-state index in [1.165, 1.54) is 4.90 Å². The van der Waals surface area contributed by atoms with Crippen LogP contribution in [0.25, 0.3) is 0 Å². The number of likely N-dealkylation sites (tertiary alicyclic amines) is 1. The number of amides is 2. The average Bonchev–Trinajstić information content (AvgIpc) is 2.96. The number of ether oxygens (including phenoxy) is 1. The van der Waals surface area contributed by atoms with Crippen LogP contribution in [0.1, 0.15) is 47.5 Å². The monoisotopic (exact) mass is 369 g/mol. The van der Waals surface area contributed by atoms with Crippen molar-refractivity contribution in [3.63, 3.8) is 0 Å². The molecule has 0 saturated carbocycles. The van der Waals surface area contributed by atoms with Crippen molar-refractivity contribution in [1.82, 2.24) is 20.4 Å². The second-order valence-electron chi connectivity index (χ2n) is 7.96. The quantitative estimate of drug-likeness (QED) is 0.565. The van der Waals surface area contributed by atoms with Gasteiger partial charge in [0.05, 0.1) is 6.04 Å². The van der Waals surface area contributed by atoms with Gasteiger partial charge in [0.1, 0.15) is 12.1 Å². The Morgan fingerprint density at radius 2 is 2.00 bits per heavy atom. The Bertz CT molecular complexity index is 513. The number of guanidine groups is 1. The number of nitrogens with one attached hydrogen (secondary N) is 2. The van der Waals surface area contributed by atoms with Gasteiger partial charge in [-0.1, -0.05) is 6.92 Å². The van der Waals surface area contributed by atoms with Crippen LogP contribution in [0.3, 0.4) is 0 Å². The van der Waals surface area contributed by atoms with Crippen molar-refractivity contribution < 1.29 is 14.3 Å². The summed E-state index contributed by atoms with van der Waals surface area (Å²) in [7, 11) is 3.44. The summed E-state index contributed by atoms with van der Waals surface area (Å²) in [6.07, 6.45) is 1.36. The SMILES string of the molecule is CCC(C)NC(=NCC(=O)N(C)C)N1CCC(NC(=O)OC(C)(C)C)C1. The molecular weight excluding hydrogens is 334 g/mol. The van der Waals surface area contributed by atoms with Gasteiger partial charge in [-0.05, 0) is 40.5 Å². The molecular formula is C18H35N5O3. The van der Waals surface area contributed by atoms with Gasteiger partial charge in [0, 0.05) is 33.2 Å². The molecule has 0 spiro atoms. The smallest absolute Gasteiger partial charge is 0.407 e. The van der Waals surface area contributed by atoms with Crippen molar-refractivity contribution in [3.05, 3.63) is 0 Å².